The van der Waals surface area contributed by atoms with Crippen LogP contribution in [0.25, 0.3) is 16.5 Å². The van der Waals surface area contributed by atoms with Crippen molar-refractivity contribution in [1.29, 1.82) is 0 Å². The Bertz CT molecular complexity index is 779. The van der Waals surface area contributed by atoms with E-state index in [1.54, 1.807) is 20.2 Å². The lowest BCUT2D eigenvalue weighted by Gasteiger charge is -2.32. The van der Waals surface area contributed by atoms with Crippen molar-refractivity contribution in [3.63, 3.8) is 0 Å². The molecule has 1 aromatic carbocycles. The van der Waals surface area contributed by atoms with Gasteiger partial charge in [0.1, 0.15) is 6.17 Å². The molecule has 2 aromatic rings. The Labute approximate surface area is 154 Å². The Kier molecular flexibility index (Phi) is 5.74. The van der Waals surface area contributed by atoms with Crippen LogP contribution in [-0.2, 0) is 0 Å². The van der Waals surface area contributed by atoms with Crippen LogP contribution in [0, 0.1) is 0 Å². The van der Waals surface area contributed by atoms with Crippen LogP contribution in [0.2, 0.25) is 0 Å². The summed E-state index contributed by atoms with van der Waals surface area (Å²) in [6, 6.07) is 8.26. The fourth-order valence-electron chi connectivity index (χ4n) is 3.62. The number of hydrazine groups is 1. The monoisotopic (exact) mass is 357 g/mol. The van der Waals surface area contributed by atoms with Gasteiger partial charge in [-0.2, -0.15) is 0 Å². The fraction of sp³-hybridized carbons (Fsp3) is 0.450. The topological polar surface area (TPSA) is 71.4 Å². The van der Waals surface area contributed by atoms with Gasteiger partial charge in [0.05, 0.1) is 5.70 Å². The van der Waals surface area contributed by atoms with Gasteiger partial charge in [-0.25, -0.2) is 10.2 Å². The first kappa shape index (κ1) is 18.6. The molecule has 0 spiro atoms. The number of hydrogen-bond acceptors (Lipinski definition) is 5. The van der Waals surface area contributed by atoms with E-state index in [0.29, 0.717) is 18.2 Å². The molecule has 0 aliphatic carbocycles. The molecule has 0 bridgehead atoms. The van der Waals surface area contributed by atoms with Crippen LogP contribution in [0.4, 0.5) is 4.39 Å². The zero-order chi connectivity index (χ0) is 18.7. The number of likely N-dealkylation sites (tertiary alicyclic amines) is 1. The minimum atomic E-state index is -0.769. The molecule has 1 aliphatic rings. The molecule has 1 aromatic heterocycles. The van der Waals surface area contributed by atoms with E-state index in [0.717, 1.165) is 48.0 Å². The summed E-state index contributed by atoms with van der Waals surface area (Å²) >= 11 is 0. The predicted molar refractivity (Wildman–Crippen MR) is 105 cm³/mol. The van der Waals surface area contributed by atoms with E-state index in [1.807, 2.05) is 18.3 Å². The van der Waals surface area contributed by atoms with Crippen molar-refractivity contribution >= 4 is 16.5 Å². The van der Waals surface area contributed by atoms with Gasteiger partial charge < -0.3 is 15.6 Å². The zero-order valence-electron chi connectivity index (χ0n) is 15.5. The van der Waals surface area contributed by atoms with Crippen LogP contribution >= 0.6 is 0 Å². The maximum Gasteiger partial charge on any atom is 0.110 e. The number of nitrogens with two attached hydrogens (primary N) is 2. The van der Waals surface area contributed by atoms with E-state index in [9.17, 15) is 4.39 Å². The van der Waals surface area contributed by atoms with E-state index >= 15 is 0 Å². The van der Waals surface area contributed by atoms with Gasteiger partial charge in [0.2, 0.25) is 0 Å². The van der Waals surface area contributed by atoms with Crippen molar-refractivity contribution in [2.45, 2.75) is 31.9 Å². The second-order valence-electron chi connectivity index (χ2n) is 7.28. The lowest BCUT2D eigenvalue weighted by atomic mass is 9.92. The molecule has 1 atom stereocenters. The molecule has 1 aliphatic heterocycles. The summed E-state index contributed by atoms with van der Waals surface area (Å²) in [4.78, 5) is 6.88. The zero-order valence-corrected chi connectivity index (χ0v) is 15.5. The number of rotatable bonds is 5. The Morgan fingerprint density at radius 1 is 1.35 bits per heavy atom. The van der Waals surface area contributed by atoms with Crippen LogP contribution < -0.4 is 11.6 Å². The molecule has 2 heterocycles. The van der Waals surface area contributed by atoms with Gasteiger partial charge in [0.15, 0.2) is 0 Å². The summed E-state index contributed by atoms with van der Waals surface area (Å²) in [5.41, 5.74) is 8.79. The maximum atomic E-state index is 13.2. The molecule has 0 saturated carbocycles. The minimum Gasteiger partial charge on any atom is -0.397 e. The predicted octanol–water partition coefficient (Wildman–Crippen LogP) is 2.83. The molecule has 1 saturated heterocycles. The number of halogens is 1. The number of piperidine rings is 1. The van der Waals surface area contributed by atoms with Gasteiger partial charge in [0, 0.05) is 43.0 Å². The number of hydrogen-bond donors (Lipinski definition) is 2. The van der Waals surface area contributed by atoms with Gasteiger partial charge in [0.25, 0.3) is 0 Å². The van der Waals surface area contributed by atoms with Crippen LogP contribution in [0.15, 0.2) is 36.7 Å². The number of nitrogens with zero attached hydrogens (tertiary/aromatic N) is 3. The van der Waals surface area contributed by atoms with Crippen molar-refractivity contribution in [1.82, 2.24) is 14.9 Å². The smallest absolute Gasteiger partial charge is 0.110 e. The third kappa shape index (κ3) is 4.51. The van der Waals surface area contributed by atoms with Crippen molar-refractivity contribution in [2.24, 2.45) is 11.6 Å². The van der Waals surface area contributed by atoms with Crippen LogP contribution in [0.5, 0.6) is 0 Å². The van der Waals surface area contributed by atoms with Crippen molar-refractivity contribution in [2.75, 3.05) is 26.7 Å². The summed E-state index contributed by atoms with van der Waals surface area (Å²) < 4.78 is 13.2. The second kappa shape index (κ2) is 8.01. The van der Waals surface area contributed by atoms with Crippen molar-refractivity contribution in [3.05, 3.63) is 47.9 Å². The van der Waals surface area contributed by atoms with Crippen molar-refractivity contribution in [3.8, 4) is 0 Å². The molecular weight excluding hydrogens is 329 g/mol. The Morgan fingerprint density at radius 3 is 2.73 bits per heavy atom. The molecule has 0 amide bonds. The molecule has 3 rings (SSSR count). The molecular formula is C20H28FN5. The van der Waals surface area contributed by atoms with E-state index < -0.39 is 6.17 Å². The number of aromatic nitrogens is 1. The van der Waals surface area contributed by atoms with E-state index in [-0.39, 0.29) is 0 Å². The van der Waals surface area contributed by atoms with Crippen LogP contribution in [-0.4, -0.2) is 47.7 Å². The van der Waals surface area contributed by atoms with E-state index in [1.165, 1.54) is 5.01 Å². The molecule has 6 heteroatoms. The highest BCUT2D eigenvalue weighted by Crippen LogP contribution is 2.29. The standard InChI is InChI=1S/C20H28FN5/c1-14(21)12-26-7-5-15(6-8-26)20-10-18-9-16(19(22)13-25(2)23)3-4-17(18)11-24-20/h3-4,9-11,13-15H,5-8,12,22-23H2,1-2H3/b19-13-. The summed E-state index contributed by atoms with van der Waals surface area (Å²) in [5.74, 6) is 6.07. The van der Waals surface area contributed by atoms with Gasteiger partial charge in [-0.3, -0.25) is 4.98 Å². The first-order chi connectivity index (χ1) is 12.4. The summed E-state index contributed by atoms with van der Waals surface area (Å²) in [7, 11) is 1.74. The van der Waals surface area contributed by atoms with Crippen LogP contribution in [0.1, 0.15) is 36.9 Å². The summed E-state index contributed by atoms with van der Waals surface area (Å²) in [6.45, 7) is 4.01. The third-order valence-corrected chi connectivity index (χ3v) is 4.93. The molecule has 140 valence electrons. The van der Waals surface area contributed by atoms with Gasteiger partial charge >= 0.3 is 0 Å². The van der Waals surface area contributed by atoms with Gasteiger partial charge in [-0.1, -0.05) is 12.1 Å². The number of benzene rings is 1. The lowest BCUT2D eigenvalue weighted by Crippen LogP contribution is -2.36. The highest BCUT2D eigenvalue weighted by molar-refractivity contribution is 5.85. The molecule has 4 N–H and O–H groups in total. The summed E-state index contributed by atoms with van der Waals surface area (Å²) in [6.07, 6.45) is 4.90. The van der Waals surface area contributed by atoms with E-state index in [4.69, 9.17) is 11.6 Å². The molecule has 5 nitrogen and oxygen atoms in total. The number of pyridine rings is 1. The first-order valence-corrected chi connectivity index (χ1v) is 9.13. The first-order valence-electron chi connectivity index (χ1n) is 9.13. The molecule has 1 fully saturated rings. The maximum absolute atomic E-state index is 13.2. The lowest BCUT2D eigenvalue weighted by molar-refractivity contribution is 0.164. The normalized spacial score (nSPS) is 18.2. The number of fused-ring (bicyclic) bond motifs is 1. The second-order valence-corrected chi connectivity index (χ2v) is 7.28. The minimum absolute atomic E-state index is 0.428. The average molecular weight is 357 g/mol. The molecule has 1 unspecified atom stereocenters. The van der Waals surface area contributed by atoms with Crippen molar-refractivity contribution < 1.29 is 4.39 Å². The van der Waals surface area contributed by atoms with E-state index in [2.05, 4.69) is 22.0 Å². The summed E-state index contributed by atoms with van der Waals surface area (Å²) in [5, 5.41) is 3.67. The number of alkyl halides is 1. The molecule has 0 radical (unpaired) electrons. The fourth-order valence-corrected chi connectivity index (χ4v) is 3.62. The van der Waals surface area contributed by atoms with Gasteiger partial charge in [-0.05, 0) is 55.9 Å². The largest absolute Gasteiger partial charge is 0.397 e. The molecule has 26 heavy (non-hydrogen) atoms. The Balaban J connectivity index is 1.78. The van der Waals surface area contributed by atoms with Crippen LogP contribution in [0.3, 0.4) is 0 Å². The quantitative estimate of drug-likeness (QED) is 0.636. The third-order valence-electron chi connectivity index (χ3n) is 4.93. The SMILES string of the molecule is CC(F)CN1CCC(c2cc3cc(/C(N)=C/N(C)N)ccc3cn2)CC1. The average Bonchev–Trinajstić information content (AvgIpc) is 2.60. The van der Waals surface area contributed by atoms with Gasteiger partial charge in [-0.15, -0.1) is 0 Å². The highest BCUT2D eigenvalue weighted by Gasteiger charge is 2.22. The highest BCUT2D eigenvalue weighted by atomic mass is 19.1. The Hall–Kier alpha value is -2.18. The Morgan fingerprint density at radius 2 is 2.08 bits per heavy atom.